The van der Waals surface area contributed by atoms with Gasteiger partial charge in [-0.05, 0) is 30.5 Å². The van der Waals surface area contributed by atoms with Gasteiger partial charge in [0.1, 0.15) is 4.90 Å². The van der Waals surface area contributed by atoms with E-state index in [1.807, 2.05) is 0 Å². The Labute approximate surface area is 123 Å². The van der Waals surface area contributed by atoms with Crippen molar-refractivity contribution in [2.75, 3.05) is 13.1 Å². The van der Waals surface area contributed by atoms with Crippen LogP contribution in [0.15, 0.2) is 17.0 Å². The molecule has 1 aliphatic heterocycles. The maximum atomic E-state index is 12.5. The van der Waals surface area contributed by atoms with E-state index in [2.05, 4.69) is 0 Å². The number of halogens is 2. The summed E-state index contributed by atoms with van der Waals surface area (Å²) in [5.41, 5.74) is 0.324. The van der Waals surface area contributed by atoms with E-state index in [0.717, 1.165) is 19.3 Å². The molecule has 1 aliphatic rings. The van der Waals surface area contributed by atoms with Crippen molar-refractivity contribution in [2.24, 2.45) is 0 Å². The molecule has 0 saturated carbocycles. The normalized spacial score (nSPS) is 17.6. The number of sulfonamides is 1. The summed E-state index contributed by atoms with van der Waals surface area (Å²) in [6.07, 6.45) is 2.74. The van der Waals surface area contributed by atoms with Crippen LogP contribution in [-0.2, 0) is 16.6 Å². The molecule has 4 nitrogen and oxygen atoms in total. The maximum absolute atomic E-state index is 12.5. The molecule has 0 radical (unpaired) electrons. The van der Waals surface area contributed by atoms with Crippen LogP contribution in [0.1, 0.15) is 24.8 Å². The van der Waals surface area contributed by atoms with Gasteiger partial charge < -0.3 is 5.11 Å². The van der Waals surface area contributed by atoms with E-state index >= 15 is 0 Å². The van der Waals surface area contributed by atoms with E-state index in [4.69, 9.17) is 23.2 Å². The predicted molar refractivity (Wildman–Crippen MR) is 75.0 cm³/mol. The van der Waals surface area contributed by atoms with Crippen LogP contribution in [0.3, 0.4) is 0 Å². The van der Waals surface area contributed by atoms with Crippen LogP contribution in [0.5, 0.6) is 0 Å². The average Bonchev–Trinajstić information content (AvgIpc) is 2.41. The summed E-state index contributed by atoms with van der Waals surface area (Å²) in [7, 11) is -3.64. The fourth-order valence-electron chi connectivity index (χ4n) is 2.17. The minimum atomic E-state index is -3.64. The third-order valence-electron chi connectivity index (χ3n) is 3.18. The Morgan fingerprint density at radius 2 is 1.79 bits per heavy atom. The lowest BCUT2D eigenvalue weighted by Gasteiger charge is -2.26. The second kappa shape index (κ2) is 5.97. The maximum Gasteiger partial charge on any atom is 0.244 e. The number of rotatable bonds is 3. The summed E-state index contributed by atoms with van der Waals surface area (Å²) in [6, 6.07) is 2.81. The minimum Gasteiger partial charge on any atom is -0.392 e. The molecule has 0 aliphatic carbocycles. The van der Waals surface area contributed by atoms with Gasteiger partial charge in [-0.15, -0.1) is 0 Å². The van der Waals surface area contributed by atoms with Crippen molar-refractivity contribution in [3.05, 3.63) is 27.7 Å². The monoisotopic (exact) mass is 323 g/mol. The molecule has 1 saturated heterocycles. The van der Waals surface area contributed by atoms with Gasteiger partial charge in [0.15, 0.2) is 0 Å². The van der Waals surface area contributed by atoms with E-state index < -0.39 is 10.0 Å². The quantitative estimate of drug-likeness (QED) is 0.930. The summed E-state index contributed by atoms with van der Waals surface area (Å²) < 4.78 is 26.5. The van der Waals surface area contributed by atoms with E-state index in [0.29, 0.717) is 18.7 Å². The first-order valence-corrected chi connectivity index (χ1v) is 8.25. The molecule has 0 atom stereocenters. The van der Waals surface area contributed by atoms with Crippen LogP contribution in [0.25, 0.3) is 0 Å². The van der Waals surface area contributed by atoms with Gasteiger partial charge in [0, 0.05) is 18.1 Å². The molecule has 1 N–H and O–H groups in total. The van der Waals surface area contributed by atoms with Crippen LogP contribution in [0.2, 0.25) is 10.0 Å². The minimum absolute atomic E-state index is 0.0207. The molecule has 1 fully saturated rings. The first kappa shape index (κ1) is 15.1. The van der Waals surface area contributed by atoms with Crippen LogP contribution < -0.4 is 0 Å². The molecule has 2 rings (SSSR count). The highest BCUT2D eigenvalue weighted by Crippen LogP contribution is 2.32. The van der Waals surface area contributed by atoms with Crippen LogP contribution in [0, 0.1) is 0 Å². The van der Waals surface area contributed by atoms with Gasteiger partial charge in [-0.3, -0.25) is 0 Å². The van der Waals surface area contributed by atoms with Crippen molar-refractivity contribution in [3.8, 4) is 0 Å². The second-order valence-electron chi connectivity index (χ2n) is 4.50. The Bertz CT molecular complexity index is 569. The number of aliphatic hydroxyl groups excluding tert-OH is 1. The predicted octanol–water partition coefficient (Wildman–Crippen LogP) is 2.66. The molecule has 1 heterocycles. The Kier molecular flexibility index (Phi) is 4.74. The van der Waals surface area contributed by atoms with Crippen molar-refractivity contribution >= 4 is 33.2 Å². The van der Waals surface area contributed by atoms with Crippen LogP contribution >= 0.6 is 23.2 Å². The van der Waals surface area contributed by atoms with Gasteiger partial charge in [0.2, 0.25) is 10.0 Å². The highest BCUT2D eigenvalue weighted by atomic mass is 35.5. The van der Waals surface area contributed by atoms with E-state index in [1.165, 1.54) is 16.4 Å². The van der Waals surface area contributed by atoms with Crippen LogP contribution in [0.4, 0.5) is 0 Å². The lowest BCUT2D eigenvalue weighted by molar-refractivity contribution is 0.281. The highest BCUT2D eigenvalue weighted by molar-refractivity contribution is 7.89. The van der Waals surface area contributed by atoms with Gasteiger partial charge >= 0.3 is 0 Å². The summed E-state index contributed by atoms with van der Waals surface area (Å²) in [6.45, 7) is 0.654. The zero-order valence-corrected chi connectivity index (χ0v) is 12.6. The van der Waals surface area contributed by atoms with Gasteiger partial charge in [0.25, 0.3) is 0 Å². The van der Waals surface area contributed by atoms with E-state index in [-0.39, 0.29) is 21.5 Å². The van der Waals surface area contributed by atoms with Crippen molar-refractivity contribution in [2.45, 2.75) is 30.8 Å². The second-order valence-corrected chi connectivity index (χ2v) is 7.22. The fourth-order valence-corrected chi connectivity index (χ4v) is 4.58. The molecule has 0 aromatic heterocycles. The van der Waals surface area contributed by atoms with Gasteiger partial charge in [-0.1, -0.05) is 29.6 Å². The molecule has 0 unspecified atom stereocenters. The average molecular weight is 324 g/mol. The van der Waals surface area contributed by atoms with Gasteiger partial charge in [0.05, 0.1) is 11.6 Å². The zero-order valence-electron chi connectivity index (χ0n) is 10.3. The number of hydrogen-bond acceptors (Lipinski definition) is 3. The van der Waals surface area contributed by atoms with Gasteiger partial charge in [-0.2, -0.15) is 4.31 Å². The number of benzene rings is 1. The largest absolute Gasteiger partial charge is 0.392 e. The topological polar surface area (TPSA) is 57.6 Å². The number of hydrogen-bond donors (Lipinski definition) is 1. The molecule has 19 heavy (non-hydrogen) atoms. The number of aliphatic hydroxyl groups is 1. The molecule has 0 amide bonds. The van der Waals surface area contributed by atoms with E-state index in [1.54, 1.807) is 0 Å². The third kappa shape index (κ3) is 3.06. The Hall–Kier alpha value is -0.330. The summed E-state index contributed by atoms with van der Waals surface area (Å²) in [4.78, 5) is -0.0207. The zero-order chi connectivity index (χ0) is 14.0. The molecular formula is C12H15Cl2NO3S. The Morgan fingerprint density at radius 3 is 2.37 bits per heavy atom. The summed E-state index contributed by atoms with van der Waals surface area (Å²) >= 11 is 12.0. The van der Waals surface area contributed by atoms with Gasteiger partial charge in [-0.25, -0.2) is 8.42 Å². The number of piperidine rings is 1. The lowest BCUT2D eigenvalue weighted by Crippen LogP contribution is -2.35. The van der Waals surface area contributed by atoms with Crippen LogP contribution in [-0.4, -0.2) is 30.9 Å². The fraction of sp³-hybridized carbons (Fsp3) is 0.500. The van der Waals surface area contributed by atoms with E-state index in [9.17, 15) is 13.5 Å². The molecule has 7 heteroatoms. The van der Waals surface area contributed by atoms with Crippen molar-refractivity contribution in [1.29, 1.82) is 0 Å². The molecule has 106 valence electrons. The molecule has 0 spiro atoms. The SMILES string of the molecule is O=S(=O)(c1cc(Cl)cc(CO)c1Cl)N1CCCCC1. The summed E-state index contributed by atoms with van der Waals surface area (Å²) in [5.74, 6) is 0. The molecule has 0 bridgehead atoms. The Morgan fingerprint density at radius 1 is 1.16 bits per heavy atom. The molecule has 1 aromatic rings. The lowest BCUT2D eigenvalue weighted by atomic mass is 10.2. The first-order valence-electron chi connectivity index (χ1n) is 6.05. The van der Waals surface area contributed by atoms with Crippen molar-refractivity contribution in [3.63, 3.8) is 0 Å². The molecule has 1 aromatic carbocycles. The summed E-state index contributed by atoms with van der Waals surface area (Å²) in [5, 5.41) is 9.50. The van der Waals surface area contributed by atoms with Crippen molar-refractivity contribution < 1.29 is 13.5 Å². The highest BCUT2D eigenvalue weighted by Gasteiger charge is 2.29. The number of nitrogens with zero attached hydrogens (tertiary/aromatic N) is 1. The molecular weight excluding hydrogens is 309 g/mol. The Balaban J connectivity index is 2.47. The first-order chi connectivity index (χ1) is 8.96. The third-order valence-corrected chi connectivity index (χ3v) is 5.88. The standard InChI is InChI=1S/C12H15Cl2NO3S/c13-10-6-9(8-16)12(14)11(7-10)19(17,18)15-4-2-1-3-5-15/h6-7,16H,1-5,8H2. The van der Waals surface area contributed by atoms with Crippen molar-refractivity contribution in [1.82, 2.24) is 4.31 Å². The smallest absolute Gasteiger partial charge is 0.244 e.